The lowest BCUT2D eigenvalue weighted by atomic mass is 10.1. The van der Waals surface area contributed by atoms with Gasteiger partial charge in [-0.05, 0) is 50.6 Å². The minimum Gasteiger partial charge on any atom is -0.372 e. The molecular weight excluding hydrogens is 196 g/mol. The number of nitrogens with one attached hydrogen (secondary N) is 1. The summed E-state index contributed by atoms with van der Waals surface area (Å²) in [7, 11) is 0. The van der Waals surface area contributed by atoms with Crippen molar-refractivity contribution in [2.24, 2.45) is 0 Å². The Morgan fingerprint density at radius 2 is 1.81 bits per heavy atom. The van der Waals surface area contributed by atoms with Gasteiger partial charge >= 0.3 is 0 Å². The van der Waals surface area contributed by atoms with Crippen molar-refractivity contribution in [2.45, 2.75) is 34.2 Å². The van der Waals surface area contributed by atoms with Crippen LogP contribution < -0.4 is 10.2 Å². The first-order valence-corrected chi connectivity index (χ1v) is 6.28. The summed E-state index contributed by atoms with van der Waals surface area (Å²) in [6.07, 6.45) is 0. The van der Waals surface area contributed by atoms with Crippen molar-refractivity contribution >= 4 is 5.69 Å². The molecule has 0 atom stereocenters. The average Bonchev–Trinajstić information content (AvgIpc) is 2.29. The molecule has 1 rings (SSSR count). The van der Waals surface area contributed by atoms with E-state index in [2.05, 4.69) is 56.1 Å². The van der Waals surface area contributed by atoms with E-state index in [0.717, 1.165) is 26.2 Å². The van der Waals surface area contributed by atoms with Gasteiger partial charge in [-0.15, -0.1) is 0 Å². The van der Waals surface area contributed by atoms with Crippen LogP contribution in [0.4, 0.5) is 5.69 Å². The molecule has 0 aliphatic carbocycles. The maximum atomic E-state index is 3.37. The van der Waals surface area contributed by atoms with Crippen LogP contribution in [0.2, 0.25) is 0 Å². The van der Waals surface area contributed by atoms with Crippen LogP contribution in [0, 0.1) is 6.92 Å². The molecular formula is C14H24N2. The SMILES string of the molecule is CCNCc1ccc(N(CC)CC)cc1C. The van der Waals surface area contributed by atoms with Crippen LogP contribution in [0.15, 0.2) is 18.2 Å². The Hall–Kier alpha value is -1.02. The molecule has 2 nitrogen and oxygen atoms in total. The molecule has 0 heterocycles. The molecule has 2 heteroatoms. The summed E-state index contributed by atoms with van der Waals surface area (Å²) < 4.78 is 0. The van der Waals surface area contributed by atoms with Gasteiger partial charge in [-0.3, -0.25) is 0 Å². The van der Waals surface area contributed by atoms with Crippen LogP contribution in [0.5, 0.6) is 0 Å². The summed E-state index contributed by atoms with van der Waals surface area (Å²) in [4.78, 5) is 2.38. The van der Waals surface area contributed by atoms with Gasteiger partial charge in [0.05, 0.1) is 0 Å². The Labute approximate surface area is 99.7 Å². The molecule has 0 saturated carbocycles. The number of nitrogens with zero attached hydrogens (tertiary/aromatic N) is 1. The minimum absolute atomic E-state index is 0.973. The van der Waals surface area contributed by atoms with Crippen molar-refractivity contribution in [3.8, 4) is 0 Å². The van der Waals surface area contributed by atoms with Crippen molar-refractivity contribution < 1.29 is 0 Å². The highest BCUT2D eigenvalue weighted by Gasteiger charge is 2.04. The molecule has 0 unspecified atom stereocenters. The van der Waals surface area contributed by atoms with Crippen molar-refractivity contribution in [3.63, 3.8) is 0 Å². The first-order chi connectivity index (χ1) is 7.72. The fraction of sp³-hybridized carbons (Fsp3) is 0.571. The van der Waals surface area contributed by atoms with E-state index in [4.69, 9.17) is 0 Å². The lowest BCUT2D eigenvalue weighted by Gasteiger charge is -2.22. The van der Waals surface area contributed by atoms with Gasteiger partial charge in [0.25, 0.3) is 0 Å². The van der Waals surface area contributed by atoms with Gasteiger partial charge in [-0.2, -0.15) is 0 Å². The lowest BCUT2D eigenvalue weighted by Crippen LogP contribution is -2.22. The van der Waals surface area contributed by atoms with E-state index in [0.29, 0.717) is 0 Å². The maximum Gasteiger partial charge on any atom is 0.0368 e. The third kappa shape index (κ3) is 3.24. The predicted molar refractivity (Wildman–Crippen MR) is 72.1 cm³/mol. The van der Waals surface area contributed by atoms with Crippen LogP contribution >= 0.6 is 0 Å². The van der Waals surface area contributed by atoms with Gasteiger partial charge < -0.3 is 10.2 Å². The summed E-state index contributed by atoms with van der Waals surface area (Å²) >= 11 is 0. The van der Waals surface area contributed by atoms with E-state index < -0.39 is 0 Å². The lowest BCUT2D eigenvalue weighted by molar-refractivity contribution is 0.723. The highest BCUT2D eigenvalue weighted by Crippen LogP contribution is 2.18. The monoisotopic (exact) mass is 220 g/mol. The van der Waals surface area contributed by atoms with Gasteiger partial charge in [-0.25, -0.2) is 0 Å². The molecule has 1 N–H and O–H groups in total. The fourth-order valence-electron chi connectivity index (χ4n) is 1.92. The molecule has 1 aromatic rings. The van der Waals surface area contributed by atoms with Crippen LogP contribution in [-0.2, 0) is 6.54 Å². The molecule has 0 saturated heterocycles. The standard InChI is InChI=1S/C14H24N2/c1-5-15-11-13-8-9-14(10-12(13)4)16(6-2)7-3/h8-10,15H,5-7,11H2,1-4H3. The zero-order valence-electron chi connectivity index (χ0n) is 11.0. The second-order valence-corrected chi connectivity index (χ2v) is 4.06. The van der Waals surface area contributed by atoms with Crippen molar-refractivity contribution in [2.75, 3.05) is 24.5 Å². The number of anilines is 1. The van der Waals surface area contributed by atoms with Crippen molar-refractivity contribution in [1.29, 1.82) is 0 Å². The summed E-state index contributed by atoms with van der Waals surface area (Å²) in [6, 6.07) is 6.76. The number of benzene rings is 1. The van der Waals surface area contributed by atoms with Crippen LogP contribution in [-0.4, -0.2) is 19.6 Å². The quantitative estimate of drug-likeness (QED) is 0.793. The predicted octanol–water partition coefficient (Wildman–Crippen LogP) is 2.95. The molecule has 1 aromatic carbocycles. The van der Waals surface area contributed by atoms with Gasteiger partial charge in [-0.1, -0.05) is 13.0 Å². The van der Waals surface area contributed by atoms with E-state index in [1.165, 1.54) is 16.8 Å². The molecule has 0 aliphatic heterocycles. The number of aryl methyl sites for hydroxylation is 1. The third-order valence-corrected chi connectivity index (χ3v) is 3.02. The summed E-state index contributed by atoms with van der Waals surface area (Å²) in [5, 5.41) is 3.37. The second kappa shape index (κ2) is 6.54. The third-order valence-electron chi connectivity index (χ3n) is 3.02. The number of hydrogen-bond donors (Lipinski definition) is 1. The van der Waals surface area contributed by atoms with Crippen molar-refractivity contribution in [1.82, 2.24) is 5.32 Å². The normalized spacial score (nSPS) is 10.5. The number of hydrogen-bond acceptors (Lipinski definition) is 2. The average molecular weight is 220 g/mol. The van der Waals surface area contributed by atoms with E-state index in [1.54, 1.807) is 0 Å². The van der Waals surface area contributed by atoms with E-state index in [-0.39, 0.29) is 0 Å². The molecule has 0 aliphatic rings. The molecule has 0 bridgehead atoms. The molecule has 0 spiro atoms. The molecule has 0 radical (unpaired) electrons. The first-order valence-electron chi connectivity index (χ1n) is 6.28. The highest BCUT2D eigenvalue weighted by atomic mass is 15.1. The van der Waals surface area contributed by atoms with Gasteiger partial charge in [0.2, 0.25) is 0 Å². The largest absolute Gasteiger partial charge is 0.372 e. The van der Waals surface area contributed by atoms with Crippen LogP contribution in [0.1, 0.15) is 31.9 Å². The van der Waals surface area contributed by atoms with Gasteiger partial charge in [0.1, 0.15) is 0 Å². The first kappa shape index (κ1) is 13.0. The van der Waals surface area contributed by atoms with Crippen molar-refractivity contribution in [3.05, 3.63) is 29.3 Å². The summed E-state index contributed by atoms with van der Waals surface area (Å²) in [6.45, 7) is 12.9. The smallest absolute Gasteiger partial charge is 0.0368 e. The van der Waals surface area contributed by atoms with Gasteiger partial charge in [0.15, 0.2) is 0 Å². The van der Waals surface area contributed by atoms with E-state index in [1.807, 2.05) is 0 Å². The highest BCUT2D eigenvalue weighted by molar-refractivity contribution is 5.50. The molecule has 0 amide bonds. The molecule has 90 valence electrons. The van der Waals surface area contributed by atoms with Crippen LogP contribution in [0.25, 0.3) is 0 Å². The summed E-state index contributed by atoms with van der Waals surface area (Å²) in [5.74, 6) is 0. The summed E-state index contributed by atoms with van der Waals surface area (Å²) in [5.41, 5.74) is 4.12. The Kier molecular flexibility index (Phi) is 5.33. The number of rotatable bonds is 6. The maximum absolute atomic E-state index is 3.37. The van der Waals surface area contributed by atoms with Gasteiger partial charge in [0, 0.05) is 25.3 Å². The Morgan fingerprint density at radius 1 is 1.12 bits per heavy atom. The molecule has 0 aromatic heterocycles. The second-order valence-electron chi connectivity index (χ2n) is 4.06. The molecule has 0 fully saturated rings. The Bertz CT molecular complexity index is 317. The van der Waals surface area contributed by atoms with Crippen LogP contribution in [0.3, 0.4) is 0 Å². The zero-order valence-corrected chi connectivity index (χ0v) is 11.0. The Morgan fingerprint density at radius 3 is 2.31 bits per heavy atom. The zero-order chi connectivity index (χ0) is 12.0. The molecule has 16 heavy (non-hydrogen) atoms. The fourth-order valence-corrected chi connectivity index (χ4v) is 1.92. The van der Waals surface area contributed by atoms with E-state index in [9.17, 15) is 0 Å². The minimum atomic E-state index is 0.973. The topological polar surface area (TPSA) is 15.3 Å². The van der Waals surface area contributed by atoms with E-state index >= 15 is 0 Å². The Balaban J connectivity index is 2.81.